The first-order valence-electron chi connectivity index (χ1n) is 4.63. The summed E-state index contributed by atoms with van der Waals surface area (Å²) in [6.07, 6.45) is 1.35. The summed E-state index contributed by atoms with van der Waals surface area (Å²) in [5.41, 5.74) is 0.506. The molecule has 0 radical (unpaired) electrons. The van der Waals surface area contributed by atoms with Gasteiger partial charge in [0, 0.05) is 5.41 Å². The molecule has 0 saturated heterocycles. The van der Waals surface area contributed by atoms with Crippen molar-refractivity contribution in [2.24, 2.45) is 0 Å². The first kappa shape index (κ1) is 11.9. The van der Waals surface area contributed by atoms with E-state index in [4.69, 9.17) is 4.74 Å². The van der Waals surface area contributed by atoms with E-state index < -0.39 is 7.12 Å². The lowest BCUT2D eigenvalue weighted by molar-refractivity contribution is 0.386. The van der Waals surface area contributed by atoms with Gasteiger partial charge < -0.3 is 14.8 Å². The molecule has 0 bridgehead atoms. The Balaban J connectivity index is 3.39. The van der Waals surface area contributed by atoms with Crippen molar-refractivity contribution in [3.63, 3.8) is 0 Å². The molecule has 1 aromatic heterocycles. The van der Waals surface area contributed by atoms with Crippen LogP contribution in [-0.2, 0) is 5.41 Å². The maximum absolute atomic E-state index is 9.28. The summed E-state index contributed by atoms with van der Waals surface area (Å²) in [5, 5.41) is 18.6. The molecule has 1 aromatic rings. The fourth-order valence-electron chi connectivity index (χ4n) is 1.37. The Hall–Kier alpha value is -1.14. The molecule has 0 saturated carbocycles. The maximum atomic E-state index is 9.28. The molecule has 6 heteroatoms. The van der Waals surface area contributed by atoms with Gasteiger partial charge in [0.1, 0.15) is 6.33 Å². The highest BCUT2D eigenvalue weighted by atomic mass is 16.5. The van der Waals surface area contributed by atoms with Crippen LogP contribution in [0.3, 0.4) is 0 Å². The van der Waals surface area contributed by atoms with E-state index in [1.807, 2.05) is 20.8 Å². The zero-order valence-electron chi connectivity index (χ0n) is 9.35. The largest absolute Gasteiger partial charge is 0.495 e. The van der Waals surface area contributed by atoms with Crippen molar-refractivity contribution in [3.8, 4) is 5.88 Å². The molecule has 0 fully saturated rings. The topological polar surface area (TPSA) is 75.5 Å². The molecule has 0 atom stereocenters. The van der Waals surface area contributed by atoms with E-state index in [-0.39, 0.29) is 16.8 Å². The third-order valence-electron chi connectivity index (χ3n) is 2.01. The predicted molar refractivity (Wildman–Crippen MR) is 57.1 cm³/mol. The van der Waals surface area contributed by atoms with Crippen LogP contribution >= 0.6 is 0 Å². The second-order valence-electron chi connectivity index (χ2n) is 4.27. The van der Waals surface area contributed by atoms with E-state index >= 15 is 0 Å². The molecular formula is C9H15BN2O3. The Morgan fingerprint density at radius 1 is 1.27 bits per heavy atom. The summed E-state index contributed by atoms with van der Waals surface area (Å²) < 4.78 is 4.97. The van der Waals surface area contributed by atoms with Crippen LogP contribution in [0.1, 0.15) is 26.5 Å². The highest BCUT2D eigenvalue weighted by molar-refractivity contribution is 6.60. The number of nitrogens with zero attached hydrogens (tertiary/aromatic N) is 2. The number of hydrogen-bond donors (Lipinski definition) is 2. The zero-order valence-corrected chi connectivity index (χ0v) is 9.35. The van der Waals surface area contributed by atoms with E-state index in [1.165, 1.54) is 13.4 Å². The molecule has 0 aliphatic heterocycles. The third-order valence-corrected chi connectivity index (χ3v) is 2.01. The summed E-state index contributed by atoms with van der Waals surface area (Å²) in [6, 6.07) is 0. The molecule has 0 aromatic carbocycles. The monoisotopic (exact) mass is 210 g/mol. The van der Waals surface area contributed by atoms with Crippen LogP contribution in [0.25, 0.3) is 0 Å². The van der Waals surface area contributed by atoms with Crippen molar-refractivity contribution >= 4 is 12.6 Å². The van der Waals surface area contributed by atoms with E-state index in [9.17, 15) is 10.0 Å². The minimum atomic E-state index is -1.63. The average molecular weight is 210 g/mol. The Morgan fingerprint density at radius 2 is 1.87 bits per heavy atom. The zero-order chi connectivity index (χ0) is 11.6. The molecule has 0 unspecified atom stereocenters. The predicted octanol–water partition coefficient (Wildman–Crippen LogP) is -0.537. The van der Waals surface area contributed by atoms with E-state index in [1.54, 1.807) is 0 Å². The second kappa shape index (κ2) is 4.16. The van der Waals surface area contributed by atoms with Crippen molar-refractivity contribution in [3.05, 3.63) is 12.0 Å². The van der Waals surface area contributed by atoms with Gasteiger partial charge in [-0.1, -0.05) is 20.8 Å². The van der Waals surface area contributed by atoms with Gasteiger partial charge in [0.05, 0.1) is 18.3 Å². The van der Waals surface area contributed by atoms with Crippen LogP contribution in [0.4, 0.5) is 0 Å². The molecular weight excluding hydrogens is 195 g/mol. The molecule has 1 rings (SSSR count). The lowest BCUT2D eigenvalue weighted by atomic mass is 9.73. The highest BCUT2D eigenvalue weighted by Gasteiger charge is 2.29. The summed E-state index contributed by atoms with van der Waals surface area (Å²) in [4.78, 5) is 7.91. The molecule has 1 heterocycles. The Kier molecular flexibility index (Phi) is 3.31. The van der Waals surface area contributed by atoms with E-state index in [0.717, 1.165) is 0 Å². The molecule has 2 N–H and O–H groups in total. The van der Waals surface area contributed by atoms with Crippen LogP contribution in [0.15, 0.2) is 6.33 Å². The van der Waals surface area contributed by atoms with Gasteiger partial charge >= 0.3 is 7.12 Å². The Morgan fingerprint density at radius 3 is 2.27 bits per heavy atom. The molecule has 0 spiro atoms. The third kappa shape index (κ3) is 2.46. The smallest absolute Gasteiger partial charge is 0.481 e. The number of hydrogen-bond acceptors (Lipinski definition) is 5. The van der Waals surface area contributed by atoms with Gasteiger partial charge in [-0.15, -0.1) is 0 Å². The van der Waals surface area contributed by atoms with Gasteiger partial charge in [-0.05, 0) is 0 Å². The van der Waals surface area contributed by atoms with E-state index in [0.29, 0.717) is 5.69 Å². The van der Waals surface area contributed by atoms with Crippen LogP contribution in [0.5, 0.6) is 5.88 Å². The van der Waals surface area contributed by atoms with Crippen molar-refractivity contribution in [1.29, 1.82) is 0 Å². The lowest BCUT2D eigenvalue weighted by Crippen LogP contribution is -2.39. The number of ether oxygens (including phenoxy) is 1. The van der Waals surface area contributed by atoms with Crippen molar-refractivity contribution in [2.45, 2.75) is 26.2 Å². The molecule has 5 nitrogen and oxygen atoms in total. The fourth-order valence-corrected chi connectivity index (χ4v) is 1.37. The van der Waals surface area contributed by atoms with Crippen molar-refractivity contribution in [1.82, 2.24) is 9.97 Å². The molecule has 0 amide bonds. The number of aromatic nitrogens is 2. The van der Waals surface area contributed by atoms with Gasteiger partial charge in [0.25, 0.3) is 0 Å². The number of methoxy groups -OCH3 is 1. The molecule has 82 valence electrons. The van der Waals surface area contributed by atoms with Gasteiger partial charge in [-0.25, -0.2) is 9.97 Å². The SMILES string of the molecule is COc1ncnc(C(C)(C)C)c1B(O)O. The second-order valence-corrected chi connectivity index (χ2v) is 4.27. The Labute approximate surface area is 89.3 Å². The standard InChI is InChI=1S/C9H15BN2O3/c1-9(2,3)7-6(10(13)14)8(15-4)12-5-11-7/h5,13-14H,1-4H3. The minimum Gasteiger partial charge on any atom is -0.481 e. The first-order chi connectivity index (χ1) is 6.88. The van der Waals surface area contributed by atoms with Crippen molar-refractivity contribution < 1.29 is 14.8 Å². The molecule has 15 heavy (non-hydrogen) atoms. The van der Waals surface area contributed by atoms with Crippen molar-refractivity contribution in [2.75, 3.05) is 7.11 Å². The minimum absolute atomic E-state index is 0.199. The average Bonchev–Trinajstić information content (AvgIpc) is 2.15. The normalized spacial score (nSPS) is 11.3. The summed E-state index contributed by atoms with van der Waals surface area (Å²) in [6.45, 7) is 5.79. The number of rotatable bonds is 2. The van der Waals surface area contributed by atoms with E-state index in [2.05, 4.69) is 9.97 Å². The van der Waals surface area contributed by atoms with Crippen LogP contribution in [-0.4, -0.2) is 34.2 Å². The first-order valence-corrected chi connectivity index (χ1v) is 4.63. The quantitative estimate of drug-likeness (QED) is 0.641. The molecule has 0 aliphatic carbocycles. The van der Waals surface area contributed by atoms with Crippen LogP contribution in [0.2, 0.25) is 0 Å². The highest BCUT2D eigenvalue weighted by Crippen LogP contribution is 2.20. The lowest BCUT2D eigenvalue weighted by Gasteiger charge is -2.21. The van der Waals surface area contributed by atoms with Gasteiger partial charge in [0.2, 0.25) is 5.88 Å². The van der Waals surface area contributed by atoms with Crippen LogP contribution < -0.4 is 10.2 Å². The summed E-state index contributed by atoms with van der Waals surface area (Å²) in [7, 11) is -0.198. The fraction of sp³-hybridized carbons (Fsp3) is 0.556. The summed E-state index contributed by atoms with van der Waals surface area (Å²) >= 11 is 0. The van der Waals surface area contributed by atoms with Gasteiger partial charge in [-0.3, -0.25) is 0 Å². The van der Waals surface area contributed by atoms with Crippen LogP contribution in [0, 0.1) is 0 Å². The summed E-state index contributed by atoms with van der Waals surface area (Å²) in [5.74, 6) is 0.199. The maximum Gasteiger partial charge on any atom is 0.495 e. The Bertz CT molecular complexity index is 350. The van der Waals surface area contributed by atoms with Gasteiger partial charge in [-0.2, -0.15) is 0 Å². The van der Waals surface area contributed by atoms with Gasteiger partial charge in [0.15, 0.2) is 0 Å². The molecule has 0 aliphatic rings.